The Morgan fingerprint density at radius 2 is 1.77 bits per heavy atom. The summed E-state index contributed by atoms with van der Waals surface area (Å²) < 4.78 is 10.3. The molecule has 0 bridgehead atoms. The van der Waals surface area contributed by atoms with Crippen molar-refractivity contribution in [3.05, 3.63) is 54.1 Å². The number of hydrazine groups is 1. The molecule has 0 fully saturated rings. The van der Waals surface area contributed by atoms with Crippen LogP contribution in [0.15, 0.2) is 53.4 Å². The number of hydrogen-bond acceptors (Lipinski definition) is 5. The van der Waals surface area contributed by atoms with E-state index in [1.165, 1.54) is 12.0 Å². The molecule has 0 aromatic heterocycles. The minimum atomic E-state index is -0.325. The van der Waals surface area contributed by atoms with Gasteiger partial charge in [0.25, 0.3) is 5.91 Å². The van der Waals surface area contributed by atoms with Gasteiger partial charge in [-0.25, -0.2) is 0 Å². The standard InChI is InChI=1S/C18H21N3O3S2/c1-23-15-9-8-13(12-16(15)24-2)17(22)20-21-18(25)19-10-11-26-14-6-4-3-5-7-14/h3-9,12H,10-11H2,1-2H3,(H,20,22)(H2,19,21,25). The molecule has 2 aromatic rings. The van der Waals surface area contributed by atoms with Crippen molar-refractivity contribution in [1.82, 2.24) is 16.2 Å². The number of methoxy groups -OCH3 is 2. The van der Waals surface area contributed by atoms with Crippen LogP contribution < -0.4 is 25.6 Å². The molecule has 0 aliphatic heterocycles. The smallest absolute Gasteiger partial charge is 0.269 e. The Balaban J connectivity index is 1.72. The van der Waals surface area contributed by atoms with E-state index in [-0.39, 0.29) is 5.91 Å². The lowest BCUT2D eigenvalue weighted by Gasteiger charge is -2.13. The average molecular weight is 392 g/mol. The number of benzene rings is 2. The average Bonchev–Trinajstić information content (AvgIpc) is 2.69. The third-order valence-corrected chi connectivity index (χ3v) is 4.59. The molecule has 8 heteroatoms. The van der Waals surface area contributed by atoms with Gasteiger partial charge >= 0.3 is 0 Å². The largest absolute Gasteiger partial charge is 0.493 e. The molecule has 0 saturated carbocycles. The van der Waals surface area contributed by atoms with Crippen LogP contribution in [0.2, 0.25) is 0 Å². The van der Waals surface area contributed by atoms with Crippen molar-refractivity contribution >= 4 is 35.0 Å². The molecule has 0 atom stereocenters. The fraction of sp³-hybridized carbons (Fsp3) is 0.222. The topological polar surface area (TPSA) is 71.6 Å². The highest BCUT2D eigenvalue weighted by atomic mass is 32.2. The van der Waals surface area contributed by atoms with E-state index < -0.39 is 0 Å². The molecule has 0 radical (unpaired) electrons. The van der Waals surface area contributed by atoms with E-state index in [2.05, 4.69) is 28.3 Å². The second-order valence-electron chi connectivity index (χ2n) is 5.07. The summed E-state index contributed by atoms with van der Waals surface area (Å²) >= 11 is 6.88. The second-order valence-corrected chi connectivity index (χ2v) is 6.64. The van der Waals surface area contributed by atoms with Gasteiger partial charge in [-0.3, -0.25) is 15.6 Å². The third-order valence-electron chi connectivity index (χ3n) is 3.33. The fourth-order valence-corrected chi connectivity index (χ4v) is 3.00. The van der Waals surface area contributed by atoms with Gasteiger partial charge < -0.3 is 14.8 Å². The van der Waals surface area contributed by atoms with Crippen LogP contribution in [0.3, 0.4) is 0 Å². The number of carbonyl (C=O) groups excluding carboxylic acids is 1. The molecule has 6 nitrogen and oxygen atoms in total. The van der Waals surface area contributed by atoms with Gasteiger partial charge in [-0.05, 0) is 42.5 Å². The van der Waals surface area contributed by atoms with Gasteiger partial charge in [0, 0.05) is 22.8 Å². The van der Waals surface area contributed by atoms with Crippen LogP contribution in [0.4, 0.5) is 0 Å². The molecule has 0 saturated heterocycles. The molecule has 0 heterocycles. The highest BCUT2D eigenvalue weighted by Crippen LogP contribution is 2.27. The molecule has 0 aliphatic carbocycles. The summed E-state index contributed by atoms with van der Waals surface area (Å²) in [5.74, 6) is 1.58. The maximum atomic E-state index is 12.2. The van der Waals surface area contributed by atoms with Gasteiger partial charge in [0.1, 0.15) is 0 Å². The Morgan fingerprint density at radius 1 is 1.04 bits per heavy atom. The Bertz CT molecular complexity index is 742. The van der Waals surface area contributed by atoms with Gasteiger partial charge in [-0.1, -0.05) is 18.2 Å². The summed E-state index contributed by atoms with van der Waals surface area (Å²) in [5.41, 5.74) is 5.66. The molecule has 26 heavy (non-hydrogen) atoms. The minimum absolute atomic E-state index is 0.325. The Kier molecular flexibility index (Phi) is 8.04. The first kappa shape index (κ1) is 19.9. The lowest BCUT2D eigenvalue weighted by molar-refractivity contribution is 0.0943. The second kappa shape index (κ2) is 10.5. The molecule has 0 spiro atoms. The molecule has 2 aromatic carbocycles. The van der Waals surface area contributed by atoms with Gasteiger partial charge in [0.15, 0.2) is 16.6 Å². The Morgan fingerprint density at radius 3 is 2.46 bits per heavy atom. The highest BCUT2D eigenvalue weighted by molar-refractivity contribution is 7.99. The van der Waals surface area contributed by atoms with E-state index in [0.29, 0.717) is 28.7 Å². The molecule has 1 amide bonds. The number of rotatable bonds is 7. The van der Waals surface area contributed by atoms with E-state index in [9.17, 15) is 4.79 Å². The molecule has 138 valence electrons. The normalized spacial score (nSPS) is 9.92. The quantitative estimate of drug-likeness (QED) is 0.290. The van der Waals surface area contributed by atoms with Crippen molar-refractivity contribution in [2.45, 2.75) is 4.90 Å². The maximum absolute atomic E-state index is 12.2. The molecule has 0 unspecified atom stereocenters. The van der Waals surface area contributed by atoms with Gasteiger partial charge in [0.2, 0.25) is 0 Å². The summed E-state index contributed by atoms with van der Waals surface area (Å²) in [6.45, 7) is 0.678. The Labute approximate surface area is 162 Å². The van der Waals surface area contributed by atoms with Crippen molar-refractivity contribution in [2.24, 2.45) is 0 Å². The van der Waals surface area contributed by atoms with E-state index in [0.717, 1.165) is 5.75 Å². The summed E-state index contributed by atoms with van der Waals surface area (Å²) in [6.07, 6.45) is 0. The predicted octanol–water partition coefficient (Wildman–Crippen LogP) is 2.61. The maximum Gasteiger partial charge on any atom is 0.269 e. The van der Waals surface area contributed by atoms with Crippen LogP contribution in [0, 0.1) is 0 Å². The SMILES string of the molecule is COc1ccc(C(=O)NNC(=S)NCCSc2ccccc2)cc1OC. The van der Waals surface area contributed by atoms with Crippen LogP contribution in [-0.4, -0.2) is 37.5 Å². The van der Waals surface area contributed by atoms with E-state index in [4.69, 9.17) is 21.7 Å². The number of ether oxygens (including phenoxy) is 2. The van der Waals surface area contributed by atoms with E-state index >= 15 is 0 Å². The highest BCUT2D eigenvalue weighted by Gasteiger charge is 2.10. The first-order chi connectivity index (χ1) is 12.6. The summed E-state index contributed by atoms with van der Waals surface area (Å²) in [7, 11) is 3.06. The van der Waals surface area contributed by atoms with E-state index in [1.807, 2.05) is 18.2 Å². The van der Waals surface area contributed by atoms with Crippen LogP contribution in [0.5, 0.6) is 11.5 Å². The zero-order valence-corrected chi connectivity index (χ0v) is 16.2. The first-order valence-corrected chi connectivity index (χ1v) is 9.27. The van der Waals surface area contributed by atoms with Crippen LogP contribution in [-0.2, 0) is 0 Å². The number of amides is 1. The van der Waals surface area contributed by atoms with Crippen molar-refractivity contribution in [3.8, 4) is 11.5 Å². The first-order valence-electron chi connectivity index (χ1n) is 7.88. The monoisotopic (exact) mass is 391 g/mol. The fourth-order valence-electron chi connectivity index (χ4n) is 2.06. The lowest BCUT2D eigenvalue weighted by atomic mass is 10.2. The van der Waals surface area contributed by atoms with Gasteiger partial charge in [-0.15, -0.1) is 11.8 Å². The van der Waals surface area contributed by atoms with E-state index in [1.54, 1.807) is 37.1 Å². The minimum Gasteiger partial charge on any atom is -0.493 e. The number of thioether (sulfide) groups is 1. The van der Waals surface area contributed by atoms with Crippen molar-refractivity contribution < 1.29 is 14.3 Å². The number of thiocarbonyl (C=S) groups is 1. The zero-order valence-electron chi connectivity index (χ0n) is 14.6. The molecular formula is C18H21N3O3S2. The lowest BCUT2D eigenvalue weighted by Crippen LogP contribution is -2.47. The summed E-state index contributed by atoms with van der Waals surface area (Å²) in [6, 6.07) is 15.0. The van der Waals surface area contributed by atoms with Crippen LogP contribution in [0.1, 0.15) is 10.4 Å². The summed E-state index contributed by atoms with van der Waals surface area (Å²) in [4.78, 5) is 13.4. The number of nitrogens with one attached hydrogen (secondary N) is 3. The molecule has 3 N–H and O–H groups in total. The molecule has 2 rings (SSSR count). The van der Waals surface area contributed by atoms with Gasteiger partial charge in [0.05, 0.1) is 14.2 Å². The van der Waals surface area contributed by atoms with Crippen LogP contribution in [0.25, 0.3) is 0 Å². The third kappa shape index (κ3) is 6.12. The van der Waals surface area contributed by atoms with Crippen molar-refractivity contribution in [3.63, 3.8) is 0 Å². The number of hydrogen-bond donors (Lipinski definition) is 3. The van der Waals surface area contributed by atoms with Crippen LogP contribution >= 0.6 is 24.0 Å². The summed E-state index contributed by atoms with van der Waals surface area (Å²) in [5, 5.41) is 3.39. The van der Waals surface area contributed by atoms with Gasteiger partial charge in [-0.2, -0.15) is 0 Å². The zero-order chi connectivity index (χ0) is 18.8. The van der Waals surface area contributed by atoms with Crippen molar-refractivity contribution in [1.29, 1.82) is 0 Å². The number of carbonyl (C=O) groups is 1. The molecular weight excluding hydrogens is 370 g/mol. The van der Waals surface area contributed by atoms with Crippen molar-refractivity contribution in [2.75, 3.05) is 26.5 Å². The molecule has 0 aliphatic rings. The predicted molar refractivity (Wildman–Crippen MR) is 108 cm³/mol. The Hall–Kier alpha value is -2.45.